The van der Waals surface area contributed by atoms with Crippen molar-refractivity contribution in [3.05, 3.63) is 45.1 Å². The molecule has 0 saturated carbocycles. The Kier molecular flexibility index (Phi) is 4.45. The zero-order valence-electron chi connectivity index (χ0n) is 10.3. The van der Waals surface area contributed by atoms with Gasteiger partial charge in [-0.1, -0.05) is 15.9 Å². The second-order valence-corrected chi connectivity index (χ2v) is 6.13. The minimum absolute atomic E-state index is 0.401. The largest absolute Gasteiger partial charge is 0.378 e. The van der Waals surface area contributed by atoms with Gasteiger partial charge in [-0.05, 0) is 54.0 Å². The number of hydrogen-bond donors (Lipinski definition) is 1. The van der Waals surface area contributed by atoms with E-state index in [1.54, 1.807) is 0 Å². The number of nitrogens with one attached hydrogen (secondary N) is 1. The monoisotopic (exact) mass is 371 g/mol. The van der Waals surface area contributed by atoms with E-state index in [1.165, 1.54) is 0 Å². The average Bonchev–Trinajstić information content (AvgIpc) is 2.76. The van der Waals surface area contributed by atoms with Crippen LogP contribution in [0.1, 0.15) is 25.6 Å². The molecule has 0 bridgehead atoms. The van der Waals surface area contributed by atoms with Crippen molar-refractivity contribution in [1.29, 1.82) is 0 Å². The topological polar surface area (TPSA) is 29.9 Å². The van der Waals surface area contributed by atoms with E-state index in [1.807, 2.05) is 35.1 Å². The Hall–Kier alpha value is -0.810. The molecule has 1 N–H and O–H groups in total. The molecule has 0 saturated heterocycles. The van der Waals surface area contributed by atoms with Crippen LogP contribution in [0.3, 0.4) is 0 Å². The van der Waals surface area contributed by atoms with Crippen LogP contribution in [0.2, 0.25) is 0 Å². The van der Waals surface area contributed by atoms with Gasteiger partial charge in [-0.15, -0.1) is 0 Å². The highest BCUT2D eigenvalue weighted by atomic mass is 79.9. The summed E-state index contributed by atoms with van der Waals surface area (Å²) < 4.78 is 4.07. The third kappa shape index (κ3) is 3.36. The van der Waals surface area contributed by atoms with E-state index in [0.717, 1.165) is 26.9 Å². The van der Waals surface area contributed by atoms with Crippen LogP contribution in [0.25, 0.3) is 0 Å². The Morgan fingerprint density at radius 1 is 1.28 bits per heavy atom. The number of benzene rings is 1. The minimum Gasteiger partial charge on any atom is -0.378 e. The maximum Gasteiger partial charge on any atom is 0.0815 e. The predicted molar refractivity (Wildman–Crippen MR) is 81.8 cm³/mol. The van der Waals surface area contributed by atoms with Crippen LogP contribution in [0, 0.1) is 0 Å². The van der Waals surface area contributed by atoms with Crippen LogP contribution in [0.15, 0.2) is 39.4 Å². The second kappa shape index (κ2) is 5.89. The van der Waals surface area contributed by atoms with Crippen LogP contribution in [0.4, 0.5) is 5.69 Å². The van der Waals surface area contributed by atoms with Crippen molar-refractivity contribution in [2.45, 2.75) is 26.4 Å². The summed E-state index contributed by atoms with van der Waals surface area (Å²) >= 11 is 6.97. The fraction of sp³-hybridized carbons (Fsp3) is 0.308. The Balaban J connectivity index is 2.02. The Labute approximate surface area is 124 Å². The zero-order chi connectivity index (χ0) is 13.1. The number of hydrogen-bond acceptors (Lipinski definition) is 2. The smallest absolute Gasteiger partial charge is 0.0815 e. The van der Waals surface area contributed by atoms with E-state index >= 15 is 0 Å². The first-order valence-electron chi connectivity index (χ1n) is 5.79. The van der Waals surface area contributed by atoms with Crippen molar-refractivity contribution in [3.8, 4) is 0 Å². The summed E-state index contributed by atoms with van der Waals surface area (Å²) in [6.07, 6.45) is 2.01. The van der Waals surface area contributed by atoms with Crippen LogP contribution >= 0.6 is 31.9 Å². The maximum atomic E-state index is 4.50. The summed E-state index contributed by atoms with van der Waals surface area (Å²) in [6.45, 7) is 4.96. The average molecular weight is 373 g/mol. The van der Waals surface area contributed by atoms with Crippen LogP contribution in [-0.4, -0.2) is 9.78 Å². The molecule has 2 rings (SSSR count). The van der Waals surface area contributed by atoms with E-state index in [9.17, 15) is 0 Å². The molecule has 1 heterocycles. The van der Waals surface area contributed by atoms with E-state index in [2.05, 4.69) is 56.1 Å². The lowest BCUT2D eigenvalue weighted by atomic mass is 10.3. The molecule has 0 radical (unpaired) electrons. The van der Waals surface area contributed by atoms with Crippen molar-refractivity contribution >= 4 is 37.5 Å². The van der Waals surface area contributed by atoms with Crippen molar-refractivity contribution in [2.24, 2.45) is 0 Å². The SMILES string of the molecule is CC(C)n1ccc(CNc2ccc(Br)cc2Br)n1. The van der Waals surface area contributed by atoms with Gasteiger partial charge >= 0.3 is 0 Å². The van der Waals surface area contributed by atoms with Crippen molar-refractivity contribution in [2.75, 3.05) is 5.32 Å². The van der Waals surface area contributed by atoms with Crippen molar-refractivity contribution < 1.29 is 0 Å². The Bertz CT molecular complexity index is 535. The normalized spacial score (nSPS) is 10.9. The fourth-order valence-corrected chi connectivity index (χ4v) is 2.77. The summed E-state index contributed by atoms with van der Waals surface area (Å²) in [5.41, 5.74) is 2.11. The predicted octanol–water partition coefficient (Wildman–Crippen LogP) is 4.60. The number of nitrogens with zero attached hydrogens (tertiary/aromatic N) is 2. The number of rotatable bonds is 4. The van der Waals surface area contributed by atoms with Gasteiger partial charge in [0.1, 0.15) is 0 Å². The van der Waals surface area contributed by atoms with E-state index in [-0.39, 0.29) is 0 Å². The van der Waals surface area contributed by atoms with Gasteiger partial charge in [-0.2, -0.15) is 5.10 Å². The third-order valence-electron chi connectivity index (χ3n) is 2.58. The molecule has 0 aliphatic carbocycles. The molecule has 18 heavy (non-hydrogen) atoms. The standard InChI is InChI=1S/C13H15Br2N3/c1-9(2)18-6-5-11(17-18)8-16-13-4-3-10(14)7-12(13)15/h3-7,9,16H,8H2,1-2H3. The lowest BCUT2D eigenvalue weighted by molar-refractivity contribution is 0.527. The number of aromatic nitrogens is 2. The zero-order valence-corrected chi connectivity index (χ0v) is 13.5. The molecular weight excluding hydrogens is 358 g/mol. The second-order valence-electron chi connectivity index (χ2n) is 4.36. The summed E-state index contributed by atoms with van der Waals surface area (Å²) in [5.74, 6) is 0. The maximum absolute atomic E-state index is 4.50. The molecule has 0 spiro atoms. The highest BCUT2D eigenvalue weighted by Gasteiger charge is 2.04. The van der Waals surface area contributed by atoms with Gasteiger partial charge in [0, 0.05) is 26.9 Å². The molecule has 1 aromatic heterocycles. The minimum atomic E-state index is 0.401. The highest BCUT2D eigenvalue weighted by molar-refractivity contribution is 9.11. The van der Waals surface area contributed by atoms with Gasteiger partial charge in [0.25, 0.3) is 0 Å². The van der Waals surface area contributed by atoms with Gasteiger partial charge < -0.3 is 5.32 Å². The summed E-state index contributed by atoms with van der Waals surface area (Å²) in [7, 11) is 0. The molecule has 5 heteroatoms. The first-order valence-corrected chi connectivity index (χ1v) is 7.38. The van der Waals surface area contributed by atoms with Gasteiger partial charge in [0.05, 0.1) is 12.2 Å². The van der Waals surface area contributed by atoms with Crippen LogP contribution in [-0.2, 0) is 6.54 Å². The molecule has 96 valence electrons. The highest BCUT2D eigenvalue weighted by Crippen LogP contribution is 2.26. The lowest BCUT2D eigenvalue weighted by Crippen LogP contribution is -2.05. The molecule has 0 unspecified atom stereocenters. The fourth-order valence-electron chi connectivity index (χ4n) is 1.58. The quantitative estimate of drug-likeness (QED) is 0.849. The van der Waals surface area contributed by atoms with E-state index < -0.39 is 0 Å². The number of halogens is 2. The first kappa shape index (κ1) is 13.6. The molecular formula is C13H15Br2N3. The van der Waals surface area contributed by atoms with Crippen LogP contribution < -0.4 is 5.32 Å². The molecule has 0 aliphatic heterocycles. The Morgan fingerprint density at radius 2 is 2.06 bits per heavy atom. The van der Waals surface area contributed by atoms with Crippen molar-refractivity contribution in [3.63, 3.8) is 0 Å². The van der Waals surface area contributed by atoms with Gasteiger partial charge in [-0.3, -0.25) is 4.68 Å². The lowest BCUT2D eigenvalue weighted by Gasteiger charge is -2.08. The molecule has 0 amide bonds. The summed E-state index contributed by atoms with van der Waals surface area (Å²) in [4.78, 5) is 0. The summed E-state index contributed by atoms with van der Waals surface area (Å²) in [5, 5.41) is 7.87. The van der Waals surface area contributed by atoms with Gasteiger partial charge in [0.2, 0.25) is 0 Å². The first-order chi connectivity index (χ1) is 8.56. The number of anilines is 1. The van der Waals surface area contributed by atoms with Crippen molar-refractivity contribution in [1.82, 2.24) is 9.78 Å². The van der Waals surface area contributed by atoms with E-state index in [4.69, 9.17) is 0 Å². The third-order valence-corrected chi connectivity index (χ3v) is 3.73. The molecule has 0 atom stereocenters. The van der Waals surface area contributed by atoms with Gasteiger partial charge in [0.15, 0.2) is 0 Å². The molecule has 0 aliphatic rings. The van der Waals surface area contributed by atoms with E-state index in [0.29, 0.717) is 6.04 Å². The van der Waals surface area contributed by atoms with Crippen LogP contribution in [0.5, 0.6) is 0 Å². The Morgan fingerprint density at radius 3 is 2.67 bits per heavy atom. The summed E-state index contributed by atoms with van der Waals surface area (Å²) in [6, 6.07) is 8.51. The molecule has 2 aromatic rings. The molecule has 3 nitrogen and oxygen atoms in total. The van der Waals surface area contributed by atoms with Gasteiger partial charge in [-0.25, -0.2) is 0 Å². The molecule has 0 fully saturated rings. The molecule has 1 aromatic carbocycles.